The second-order valence-electron chi connectivity index (χ2n) is 4.88. The molecule has 0 aromatic heterocycles. The first-order valence-corrected chi connectivity index (χ1v) is 6.93. The van der Waals surface area contributed by atoms with Crippen LogP contribution in [0, 0.1) is 0 Å². The maximum Gasteiger partial charge on any atom is 0.344 e. The average molecular weight is 310 g/mol. The molecular weight excluding hydrogens is 296 g/mol. The van der Waals surface area contributed by atoms with Crippen molar-refractivity contribution in [1.82, 2.24) is 0 Å². The van der Waals surface area contributed by atoms with Crippen molar-refractivity contribution in [3.05, 3.63) is 65.2 Å². The zero-order valence-electron chi connectivity index (χ0n) is 12.7. The van der Waals surface area contributed by atoms with Crippen LogP contribution in [0.3, 0.4) is 0 Å². The van der Waals surface area contributed by atoms with Gasteiger partial charge in [-0.3, -0.25) is 4.79 Å². The molecule has 0 radical (unpaired) electrons. The van der Waals surface area contributed by atoms with Gasteiger partial charge in [0.15, 0.2) is 17.3 Å². The topological polar surface area (TPSA) is 61.8 Å². The van der Waals surface area contributed by atoms with Crippen molar-refractivity contribution in [2.75, 3.05) is 14.2 Å². The third-order valence-corrected chi connectivity index (χ3v) is 3.55. The lowest BCUT2D eigenvalue weighted by atomic mass is 10.1. The van der Waals surface area contributed by atoms with Gasteiger partial charge in [0.1, 0.15) is 5.76 Å². The molecule has 0 atom stereocenters. The van der Waals surface area contributed by atoms with Gasteiger partial charge < -0.3 is 14.2 Å². The second kappa shape index (κ2) is 5.96. The minimum absolute atomic E-state index is 0.255. The number of methoxy groups -OCH3 is 2. The number of esters is 1. The number of cyclic esters (lactones) is 1. The zero-order valence-corrected chi connectivity index (χ0v) is 12.7. The van der Waals surface area contributed by atoms with Crippen molar-refractivity contribution >= 4 is 17.5 Å². The van der Waals surface area contributed by atoms with Crippen LogP contribution >= 0.6 is 0 Å². The van der Waals surface area contributed by atoms with Crippen molar-refractivity contribution in [1.29, 1.82) is 0 Å². The van der Waals surface area contributed by atoms with Crippen LogP contribution < -0.4 is 9.47 Å². The quantitative estimate of drug-likeness (QED) is 0.493. The van der Waals surface area contributed by atoms with Gasteiger partial charge in [-0.1, -0.05) is 18.2 Å². The van der Waals surface area contributed by atoms with Crippen LogP contribution in [0.25, 0.3) is 5.76 Å². The highest BCUT2D eigenvalue weighted by Gasteiger charge is 2.26. The van der Waals surface area contributed by atoms with Crippen molar-refractivity contribution < 1.29 is 23.8 Å². The number of rotatable bonds is 4. The molecule has 5 nitrogen and oxygen atoms in total. The number of allylic oxidation sites excluding steroid dienone is 1. The van der Waals surface area contributed by atoms with E-state index in [1.807, 2.05) is 0 Å². The van der Waals surface area contributed by atoms with Crippen molar-refractivity contribution in [3.8, 4) is 11.5 Å². The molecular formula is C18H14O5. The molecule has 2 aromatic rings. The van der Waals surface area contributed by atoms with Crippen molar-refractivity contribution in [2.24, 2.45) is 0 Å². The van der Waals surface area contributed by atoms with Gasteiger partial charge in [0.25, 0.3) is 0 Å². The molecule has 23 heavy (non-hydrogen) atoms. The Kier molecular flexibility index (Phi) is 3.85. The predicted molar refractivity (Wildman–Crippen MR) is 83.7 cm³/mol. The minimum Gasteiger partial charge on any atom is -0.493 e. The normalized spacial score (nSPS) is 14.3. The Morgan fingerprint density at radius 1 is 1.00 bits per heavy atom. The number of ether oxygens (including phenoxy) is 3. The van der Waals surface area contributed by atoms with Crippen LogP contribution in [0.4, 0.5) is 0 Å². The van der Waals surface area contributed by atoms with Gasteiger partial charge in [0, 0.05) is 17.2 Å². The third-order valence-electron chi connectivity index (χ3n) is 3.55. The molecule has 0 aliphatic carbocycles. The lowest BCUT2D eigenvalue weighted by Crippen LogP contribution is -1.99. The number of carbonyl (C=O) groups is 2. The van der Waals surface area contributed by atoms with E-state index < -0.39 is 5.97 Å². The van der Waals surface area contributed by atoms with E-state index in [0.717, 1.165) is 0 Å². The number of hydrogen-bond acceptors (Lipinski definition) is 5. The van der Waals surface area contributed by atoms with Gasteiger partial charge in [0.2, 0.25) is 0 Å². The Hall–Kier alpha value is -3.08. The van der Waals surface area contributed by atoms with Crippen LogP contribution in [0.5, 0.6) is 11.5 Å². The maximum absolute atomic E-state index is 12.4. The summed E-state index contributed by atoms with van der Waals surface area (Å²) in [5, 5.41) is 0. The van der Waals surface area contributed by atoms with E-state index >= 15 is 0 Å². The predicted octanol–water partition coefficient (Wildman–Crippen LogP) is 3.10. The van der Waals surface area contributed by atoms with Crippen molar-refractivity contribution in [2.45, 2.75) is 0 Å². The van der Waals surface area contributed by atoms with E-state index in [1.165, 1.54) is 20.3 Å². The van der Waals surface area contributed by atoms with E-state index in [0.29, 0.717) is 28.2 Å². The molecule has 0 N–H and O–H groups in total. The molecule has 2 aromatic carbocycles. The van der Waals surface area contributed by atoms with E-state index in [1.54, 1.807) is 42.5 Å². The van der Waals surface area contributed by atoms with Crippen LogP contribution in [0.15, 0.2) is 48.5 Å². The summed E-state index contributed by atoms with van der Waals surface area (Å²) in [5.41, 5.74) is 1.49. The average Bonchev–Trinajstić information content (AvgIpc) is 2.90. The highest BCUT2D eigenvalue weighted by molar-refractivity contribution is 6.12. The lowest BCUT2D eigenvalue weighted by molar-refractivity contribution is 0.0715. The molecule has 0 spiro atoms. The minimum atomic E-state index is -0.452. The Labute approximate surface area is 133 Å². The number of carbonyl (C=O) groups excluding carboxylic acids is 2. The summed E-state index contributed by atoms with van der Waals surface area (Å²) in [6.45, 7) is 0. The maximum atomic E-state index is 12.4. The monoisotopic (exact) mass is 310 g/mol. The fourth-order valence-corrected chi connectivity index (χ4v) is 2.38. The van der Waals surface area contributed by atoms with E-state index in [9.17, 15) is 9.59 Å². The van der Waals surface area contributed by atoms with Gasteiger partial charge in [0.05, 0.1) is 19.8 Å². The summed E-state index contributed by atoms with van der Waals surface area (Å²) >= 11 is 0. The summed E-state index contributed by atoms with van der Waals surface area (Å²) in [6.07, 6.45) is 1.31. The van der Waals surface area contributed by atoms with Gasteiger partial charge in [-0.25, -0.2) is 4.79 Å². The zero-order chi connectivity index (χ0) is 16.4. The number of benzene rings is 2. The molecule has 116 valence electrons. The second-order valence-corrected chi connectivity index (χ2v) is 4.88. The van der Waals surface area contributed by atoms with Gasteiger partial charge in [-0.05, 0) is 24.3 Å². The smallest absolute Gasteiger partial charge is 0.344 e. The summed E-state index contributed by atoms with van der Waals surface area (Å²) in [5.74, 6) is 0.512. The third kappa shape index (κ3) is 2.68. The molecule has 0 amide bonds. The molecule has 3 rings (SSSR count). The SMILES string of the molecule is COc1ccc(C(=O)C=C2OC(=O)c3ccccc32)cc1OC. The fourth-order valence-electron chi connectivity index (χ4n) is 2.38. The first kappa shape index (κ1) is 14.8. The fraction of sp³-hybridized carbons (Fsp3) is 0.111. The van der Waals surface area contributed by atoms with Crippen LogP contribution in [0.2, 0.25) is 0 Å². The summed E-state index contributed by atoms with van der Waals surface area (Å²) < 4.78 is 15.5. The highest BCUT2D eigenvalue weighted by Crippen LogP contribution is 2.31. The molecule has 5 heteroatoms. The van der Waals surface area contributed by atoms with Gasteiger partial charge in [-0.2, -0.15) is 0 Å². The molecule has 0 saturated heterocycles. The first-order valence-electron chi connectivity index (χ1n) is 6.93. The molecule has 1 aliphatic rings. The Morgan fingerprint density at radius 2 is 1.70 bits per heavy atom. The van der Waals surface area contributed by atoms with E-state index in [-0.39, 0.29) is 11.5 Å². The van der Waals surface area contributed by atoms with Crippen LogP contribution in [0.1, 0.15) is 26.3 Å². The molecule has 0 saturated carbocycles. The largest absolute Gasteiger partial charge is 0.493 e. The number of fused-ring (bicyclic) bond motifs is 1. The molecule has 1 heterocycles. The standard InChI is InChI=1S/C18H14O5/c1-21-15-8-7-11(9-17(15)22-2)14(19)10-16-12-5-3-4-6-13(12)18(20)23-16/h3-10H,1-2H3. The highest BCUT2D eigenvalue weighted by atomic mass is 16.5. The number of hydrogen-bond donors (Lipinski definition) is 0. The van der Waals surface area contributed by atoms with Gasteiger partial charge in [-0.15, -0.1) is 0 Å². The molecule has 0 unspecified atom stereocenters. The Bertz CT molecular complexity index is 820. The number of ketones is 1. The molecule has 0 bridgehead atoms. The van der Waals surface area contributed by atoms with E-state index in [2.05, 4.69) is 0 Å². The van der Waals surface area contributed by atoms with E-state index in [4.69, 9.17) is 14.2 Å². The lowest BCUT2D eigenvalue weighted by Gasteiger charge is -2.08. The van der Waals surface area contributed by atoms with Gasteiger partial charge >= 0.3 is 5.97 Å². The van der Waals surface area contributed by atoms with Crippen LogP contribution in [-0.4, -0.2) is 26.0 Å². The van der Waals surface area contributed by atoms with Crippen LogP contribution in [-0.2, 0) is 4.74 Å². The Balaban J connectivity index is 1.95. The molecule has 0 fully saturated rings. The summed E-state index contributed by atoms with van der Waals surface area (Å²) in [4.78, 5) is 24.2. The molecule has 1 aliphatic heterocycles. The summed E-state index contributed by atoms with van der Waals surface area (Å²) in [7, 11) is 3.02. The Morgan fingerprint density at radius 3 is 2.39 bits per heavy atom. The first-order chi connectivity index (χ1) is 11.1. The van der Waals surface area contributed by atoms with Crippen molar-refractivity contribution in [3.63, 3.8) is 0 Å². The summed E-state index contributed by atoms with van der Waals surface area (Å²) in [6, 6.07) is 11.8.